The summed E-state index contributed by atoms with van der Waals surface area (Å²) in [4.78, 5) is 56.9. The Hall–Kier alpha value is -2.35. The zero-order valence-electron chi connectivity index (χ0n) is 38.0. The smallest absolute Gasteiger partial charge is 0.305 e. The zero-order chi connectivity index (χ0) is 47.8. The number of amides is 2. The summed E-state index contributed by atoms with van der Waals surface area (Å²) in [5, 5.41) is 58.9. The number of methoxy groups -OCH3 is 2. The molecule has 368 valence electrons. The van der Waals surface area contributed by atoms with Crippen LogP contribution < -0.4 is 10.6 Å². The molecular weight excluding hydrogens is 861 g/mol. The van der Waals surface area contributed by atoms with Crippen LogP contribution in [0.15, 0.2) is 0 Å². The van der Waals surface area contributed by atoms with E-state index in [1.807, 2.05) is 20.1 Å². The van der Waals surface area contributed by atoms with Crippen LogP contribution in [0.5, 0.6) is 0 Å². The molecule has 0 saturated heterocycles. The predicted octanol–water partition coefficient (Wildman–Crippen LogP) is 2.28. The van der Waals surface area contributed by atoms with Gasteiger partial charge in [-0.15, -0.1) is 0 Å². The zero-order valence-corrected chi connectivity index (χ0v) is 39.6. The van der Waals surface area contributed by atoms with E-state index in [0.29, 0.717) is 51.6 Å². The third kappa shape index (κ3) is 40.4. The van der Waals surface area contributed by atoms with Crippen molar-refractivity contribution in [2.45, 2.75) is 154 Å². The fourth-order valence-corrected chi connectivity index (χ4v) is 6.72. The van der Waals surface area contributed by atoms with Crippen molar-refractivity contribution in [1.29, 1.82) is 0 Å². The maximum atomic E-state index is 11.9. The van der Waals surface area contributed by atoms with Gasteiger partial charge in [-0.3, -0.25) is 24.0 Å². The molecule has 6 atom stereocenters. The van der Waals surface area contributed by atoms with E-state index in [-0.39, 0.29) is 101 Å². The van der Waals surface area contributed by atoms with Gasteiger partial charge in [0, 0.05) is 64.2 Å². The summed E-state index contributed by atoms with van der Waals surface area (Å²) < 4.78 is 35.1. The highest BCUT2D eigenvalue weighted by Gasteiger charge is 2.20. The molecule has 0 aromatic carbocycles. The lowest BCUT2D eigenvalue weighted by Crippen LogP contribution is -2.30. The molecule has 0 heterocycles. The third-order valence-corrected chi connectivity index (χ3v) is 10.9. The summed E-state index contributed by atoms with van der Waals surface area (Å²) in [5.74, 6) is -2.12. The van der Waals surface area contributed by atoms with Crippen molar-refractivity contribution in [3.8, 4) is 0 Å². The Kier molecular flexibility index (Phi) is 43.9. The topological polar surface area (TPSA) is 295 Å². The molecule has 0 aromatic heterocycles. The van der Waals surface area contributed by atoms with Crippen LogP contribution in [0.1, 0.15) is 112 Å². The van der Waals surface area contributed by atoms with Crippen LogP contribution in [0.4, 0.5) is 0 Å². The van der Waals surface area contributed by atoms with Gasteiger partial charge < -0.3 is 74.4 Å². The highest BCUT2D eigenvalue weighted by atomic mass is 33.1. The minimum atomic E-state index is -1.29. The van der Waals surface area contributed by atoms with Crippen molar-refractivity contribution in [3.63, 3.8) is 0 Å². The van der Waals surface area contributed by atoms with Crippen molar-refractivity contribution >= 4 is 51.3 Å². The Labute approximate surface area is 375 Å². The number of aliphatic hydroxyl groups excluding tert-OH is 5. The summed E-state index contributed by atoms with van der Waals surface area (Å²) in [6, 6.07) is 0. The van der Waals surface area contributed by atoms with Crippen molar-refractivity contribution in [1.82, 2.24) is 10.6 Å². The van der Waals surface area contributed by atoms with E-state index in [1.54, 1.807) is 28.5 Å². The van der Waals surface area contributed by atoms with Gasteiger partial charge in [-0.25, -0.2) is 0 Å². The van der Waals surface area contributed by atoms with Crippen molar-refractivity contribution in [2.24, 2.45) is 0 Å². The SMILES string of the molecule is CCC(CO)OC(CO)OC.CCC(CO)OC(COC(=O)CCCC(=O)O)OC.CCC(CO)OC(O)COC(=O)CCCC(=O)NCCCNC(=O)CCC(C)(C)SSC. The summed E-state index contributed by atoms with van der Waals surface area (Å²) >= 11 is 0. The standard InChI is InChI=1S/C21H40N2O7S2.C12H22O7.C7H16O4/c1-5-16(14-24)30-20(28)15-29-19(27)9-6-8-17(25)22-12-7-13-23-18(26)10-11-21(2,3)32-31-4;1-3-9(7-13)19-12(17-2)8-18-11(16)6-4-5-10(14)15;1-3-6(4-8)11-7(5-9)10-2/h16,20,24,28H,5-15H2,1-4H3,(H,22,25)(H,23,26);9,12-13H,3-8H2,1-2H3,(H,14,15);6-9H,3-5H2,1-2H3. The molecule has 0 rings (SSSR count). The predicted molar refractivity (Wildman–Crippen MR) is 234 cm³/mol. The first-order valence-electron chi connectivity index (χ1n) is 20.9. The van der Waals surface area contributed by atoms with E-state index in [0.717, 1.165) is 6.42 Å². The monoisotopic (exact) mass is 938 g/mol. The molecule has 0 radical (unpaired) electrons. The van der Waals surface area contributed by atoms with Crippen molar-refractivity contribution < 1.29 is 87.8 Å². The number of ether oxygens (including phenoxy) is 7. The molecule has 0 aliphatic rings. The van der Waals surface area contributed by atoms with Gasteiger partial charge in [-0.05, 0) is 65.0 Å². The van der Waals surface area contributed by atoms with Crippen LogP contribution in [0.2, 0.25) is 0 Å². The lowest BCUT2D eigenvalue weighted by atomic mass is 10.1. The van der Waals surface area contributed by atoms with Crippen LogP contribution >= 0.6 is 21.6 Å². The van der Waals surface area contributed by atoms with E-state index in [9.17, 15) is 29.1 Å². The lowest BCUT2D eigenvalue weighted by molar-refractivity contribution is -0.194. The first kappa shape index (κ1) is 63.9. The molecule has 0 bridgehead atoms. The number of nitrogens with one attached hydrogen (secondary N) is 2. The highest BCUT2D eigenvalue weighted by Crippen LogP contribution is 2.36. The largest absolute Gasteiger partial charge is 0.481 e. The van der Waals surface area contributed by atoms with Crippen LogP contribution in [-0.2, 0) is 57.1 Å². The number of carbonyl (C=O) groups is 5. The van der Waals surface area contributed by atoms with Gasteiger partial charge in [-0.1, -0.05) is 42.4 Å². The van der Waals surface area contributed by atoms with E-state index in [4.69, 9.17) is 58.7 Å². The van der Waals surface area contributed by atoms with E-state index in [2.05, 4.69) is 24.5 Å². The Balaban J connectivity index is -0.000000972. The first-order chi connectivity index (χ1) is 29.4. The molecule has 0 aromatic rings. The molecule has 6 unspecified atom stereocenters. The molecule has 0 fully saturated rings. The first-order valence-corrected chi connectivity index (χ1v) is 23.4. The van der Waals surface area contributed by atoms with E-state index < -0.39 is 42.9 Å². The minimum Gasteiger partial charge on any atom is -0.481 e. The summed E-state index contributed by atoms with van der Waals surface area (Å²) in [5.41, 5.74) is 0. The summed E-state index contributed by atoms with van der Waals surface area (Å²) in [6.07, 6.45) is 2.81. The van der Waals surface area contributed by atoms with Gasteiger partial charge in [0.15, 0.2) is 18.9 Å². The third-order valence-electron chi connectivity index (χ3n) is 8.27. The number of hydrogen-bond acceptors (Lipinski definition) is 19. The van der Waals surface area contributed by atoms with Crippen molar-refractivity contribution in [3.05, 3.63) is 0 Å². The Bertz CT molecular complexity index is 1120. The molecule has 62 heavy (non-hydrogen) atoms. The molecule has 8 N–H and O–H groups in total. The number of carboxylic acids is 1. The van der Waals surface area contributed by atoms with Crippen LogP contribution in [0.3, 0.4) is 0 Å². The number of carboxylic acid groups (broad SMARTS) is 1. The Morgan fingerprint density at radius 1 is 0.613 bits per heavy atom. The number of rotatable bonds is 36. The molecule has 0 spiro atoms. The second-order valence-electron chi connectivity index (χ2n) is 14.0. The number of esters is 2. The fourth-order valence-electron chi connectivity index (χ4n) is 4.48. The molecule has 22 heteroatoms. The molecule has 2 amide bonds. The molecule has 20 nitrogen and oxygen atoms in total. The highest BCUT2D eigenvalue weighted by molar-refractivity contribution is 8.76. The maximum absolute atomic E-state index is 11.9. The van der Waals surface area contributed by atoms with E-state index >= 15 is 0 Å². The number of carbonyl (C=O) groups excluding carboxylic acids is 4. The molecule has 0 aliphatic carbocycles. The van der Waals surface area contributed by atoms with E-state index in [1.165, 1.54) is 14.2 Å². The second kappa shape index (κ2) is 42.6. The van der Waals surface area contributed by atoms with Gasteiger partial charge in [0.25, 0.3) is 0 Å². The number of aliphatic carboxylic acids is 1. The molecule has 0 aliphatic heterocycles. The van der Waals surface area contributed by atoms with Crippen LogP contribution in [-0.4, -0.2) is 175 Å². The molecule has 0 saturated carbocycles. The van der Waals surface area contributed by atoms with Gasteiger partial charge in [-0.2, -0.15) is 0 Å². The summed E-state index contributed by atoms with van der Waals surface area (Å²) in [6.45, 7) is 9.74. The van der Waals surface area contributed by atoms with Crippen LogP contribution in [0.25, 0.3) is 0 Å². The number of aliphatic hydroxyl groups is 5. The average molecular weight is 939 g/mol. The van der Waals surface area contributed by atoms with Gasteiger partial charge in [0.2, 0.25) is 11.8 Å². The lowest BCUT2D eigenvalue weighted by Gasteiger charge is -2.21. The summed E-state index contributed by atoms with van der Waals surface area (Å²) in [7, 11) is 6.32. The maximum Gasteiger partial charge on any atom is 0.305 e. The molecular formula is C40H78N2O18S2. The number of hydrogen-bond donors (Lipinski definition) is 8. The fraction of sp³-hybridized carbons (Fsp3) is 0.875. The average Bonchev–Trinajstić information content (AvgIpc) is 3.25. The Morgan fingerprint density at radius 3 is 1.50 bits per heavy atom. The van der Waals surface area contributed by atoms with Gasteiger partial charge >= 0.3 is 17.9 Å². The quantitative estimate of drug-likeness (QED) is 0.0193. The van der Waals surface area contributed by atoms with Gasteiger partial charge in [0.1, 0.15) is 13.2 Å². The normalized spacial score (nSPS) is 14.0. The van der Waals surface area contributed by atoms with Gasteiger partial charge in [0.05, 0.1) is 44.7 Å². The van der Waals surface area contributed by atoms with Crippen LogP contribution in [0, 0.1) is 0 Å². The van der Waals surface area contributed by atoms with Crippen molar-refractivity contribution in [2.75, 3.05) is 73.2 Å². The second-order valence-corrected chi connectivity index (χ2v) is 17.1. The Morgan fingerprint density at radius 2 is 1.06 bits per heavy atom. The minimum absolute atomic E-state index is 0.0155.